The standard InChI is InChI=1S/C12H16N6O3/c1-2-16-9-10(8-14-16)7-13-12(19)4-6-17-5-3-11(15-17)18(20)21/h3,5,8-9H,2,4,6-7H2,1H3,(H,13,19). The van der Waals surface area contributed by atoms with Gasteiger partial charge in [0.25, 0.3) is 0 Å². The number of hydrogen-bond acceptors (Lipinski definition) is 5. The molecule has 0 aliphatic rings. The van der Waals surface area contributed by atoms with Gasteiger partial charge in [-0.2, -0.15) is 9.78 Å². The first kappa shape index (κ1) is 14.7. The summed E-state index contributed by atoms with van der Waals surface area (Å²) in [5, 5.41) is 21.1. The third-order valence-corrected chi connectivity index (χ3v) is 2.88. The van der Waals surface area contributed by atoms with Crippen molar-refractivity contribution in [3.05, 3.63) is 40.3 Å². The summed E-state index contributed by atoms with van der Waals surface area (Å²) in [7, 11) is 0. The molecule has 2 aromatic heterocycles. The minimum atomic E-state index is -0.568. The zero-order valence-corrected chi connectivity index (χ0v) is 11.6. The highest BCUT2D eigenvalue weighted by atomic mass is 16.6. The molecule has 0 radical (unpaired) electrons. The highest BCUT2D eigenvalue weighted by Crippen LogP contribution is 2.05. The van der Waals surface area contributed by atoms with Crippen LogP contribution in [-0.2, 0) is 24.4 Å². The molecule has 0 saturated heterocycles. The lowest BCUT2D eigenvalue weighted by Gasteiger charge is -2.02. The van der Waals surface area contributed by atoms with Gasteiger partial charge in [-0.05, 0) is 11.8 Å². The van der Waals surface area contributed by atoms with Gasteiger partial charge in [0, 0.05) is 31.3 Å². The number of nitrogens with zero attached hydrogens (tertiary/aromatic N) is 5. The van der Waals surface area contributed by atoms with Crippen LogP contribution in [0, 0.1) is 10.1 Å². The summed E-state index contributed by atoms with van der Waals surface area (Å²) in [6.07, 6.45) is 5.27. The Morgan fingerprint density at radius 2 is 2.29 bits per heavy atom. The minimum absolute atomic E-state index is 0.141. The summed E-state index contributed by atoms with van der Waals surface area (Å²) in [5.41, 5.74) is 0.930. The Morgan fingerprint density at radius 1 is 1.48 bits per heavy atom. The fraction of sp³-hybridized carbons (Fsp3) is 0.417. The fourth-order valence-electron chi connectivity index (χ4n) is 1.75. The molecule has 0 atom stereocenters. The van der Waals surface area contributed by atoms with Gasteiger partial charge in [0.1, 0.15) is 0 Å². The number of nitrogens with one attached hydrogen (secondary N) is 1. The zero-order valence-electron chi connectivity index (χ0n) is 11.6. The van der Waals surface area contributed by atoms with Crippen LogP contribution < -0.4 is 5.32 Å². The van der Waals surface area contributed by atoms with E-state index in [0.717, 1.165) is 12.1 Å². The second-order valence-electron chi connectivity index (χ2n) is 4.43. The lowest BCUT2D eigenvalue weighted by molar-refractivity contribution is -0.389. The monoisotopic (exact) mass is 292 g/mol. The number of aromatic nitrogens is 4. The van der Waals surface area contributed by atoms with Crippen LogP contribution in [0.2, 0.25) is 0 Å². The summed E-state index contributed by atoms with van der Waals surface area (Å²) < 4.78 is 3.16. The molecular formula is C12H16N6O3. The molecule has 0 aliphatic carbocycles. The van der Waals surface area contributed by atoms with E-state index in [1.165, 1.54) is 16.9 Å². The van der Waals surface area contributed by atoms with Gasteiger partial charge in [-0.15, -0.1) is 0 Å². The van der Waals surface area contributed by atoms with E-state index in [1.807, 2.05) is 13.1 Å². The molecule has 0 aromatic carbocycles. The summed E-state index contributed by atoms with van der Waals surface area (Å²) in [5.74, 6) is -0.361. The van der Waals surface area contributed by atoms with E-state index in [-0.39, 0.29) is 18.1 Å². The quantitative estimate of drug-likeness (QED) is 0.597. The molecule has 2 heterocycles. The average molecular weight is 292 g/mol. The first-order valence-corrected chi connectivity index (χ1v) is 6.54. The van der Waals surface area contributed by atoms with Gasteiger partial charge in [0.2, 0.25) is 5.91 Å². The molecule has 0 bridgehead atoms. The van der Waals surface area contributed by atoms with E-state index in [1.54, 1.807) is 10.9 Å². The topological polar surface area (TPSA) is 108 Å². The maximum Gasteiger partial charge on any atom is 0.389 e. The van der Waals surface area contributed by atoms with Crippen molar-refractivity contribution in [2.24, 2.45) is 0 Å². The molecule has 0 aliphatic heterocycles. The highest BCUT2D eigenvalue weighted by molar-refractivity contribution is 5.75. The van der Waals surface area contributed by atoms with Crippen molar-refractivity contribution < 1.29 is 9.72 Å². The van der Waals surface area contributed by atoms with Crippen LogP contribution in [0.3, 0.4) is 0 Å². The number of hydrogen-bond donors (Lipinski definition) is 1. The van der Waals surface area contributed by atoms with Gasteiger partial charge in [-0.1, -0.05) is 0 Å². The van der Waals surface area contributed by atoms with Gasteiger partial charge in [-0.25, -0.2) is 0 Å². The number of carbonyl (C=O) groups excluding carboxylic acids is 1. The Morgan fingerprint density at radius 3 is 2.90 bits per heavy atom. The van der Waals surface area contributed by atoms with Crippen LogP contribution in [0.15, 0.2) is 24.7 Å². The van der Waals surface area contributed by atoms with Gasteiger partial charge in [0.15, 0.2) is 0 Å². The number of carbonyl (C=O) groups is 1. The molecular weight excluding hydrogens is 276 g/mol. The molecule has 2 aromatic rings. The van der Waals surface area contributed by atoms with Gasteiger partial charge in [-0.3, -0.25) is 9.48 Å². The van der Waals surface area contributed by atoms with E-state index in [9.17, 15) is 14.9 Å². The second kappa shape index (κ2) is 6.64. The van der Waals surface area contributed by atoms with E-state index < -0.39 is 4.92 Å². The van der Waals surface area contributed by atoms with E-state index >= 15 is 0 Å². The van der Waals surface area contributed by atoms with Crippen molar-refractivity contribution in [3.63, 3.8) is 0 Å². The molecule has 0 saturated carbocycles. The maximum atomic E-state index is 11.7. The molecule has 1 amide bonds. The molecule has 2 rings (SSSR count). The molecule has 9 heteroatoms. The molecule has 0 spiro atoms. The Kier molecular flexibility index (Phi) is 4.64. The van der Waals surface area contributed by atoms with Crippen LogP contribution in [-0.4, -0.2) is 30.4 Å². The average Bonchev–Trinajstić information content (AvgIpc) is 3.11. The molecule has 112 valence electrons. The Bertz CT molecular complexity index is 632. The van der Waals surface area contributed by atoms with E-state index in [2.05, 4.69) is 15.5 Å². The van der Waals surface area contributed by atoms with Gasteiger partial charge in [0.05, 0.1) is 30.1 Å². The Labute approximate surface area is 120 Å². The number of aryl methyl sites for hydroxylation is 2. The summed E-state index contributed by atoms with van der Waals surface area (Å²) >= 11 is 0. The van der Waals surface area contributed by atoms with Crippen molar-refractivity contribution in [2.75, 3.05) is 0 Å². The van der Waals surface area contributed by atoms with Crippen molar-refractivity contribution in [1.29, 1.82) is 0 Å². The summed E-state index contributed by atoms with van der Waals surface area (Å²) in [6.45, 7) is 3.48. The minimum Gasteiger partial charge on any atom is -0.358 e. The molecule has 0 fully saturated rings. The van der Waals surface area contributed by atoms with E-state index in [0.29, 0.717) is 13.1 Å². The summed E-state index contributed by atoms with van der Waals surface area (Å²) in [4.78, 5) is 21.6. The largest absolute Gasteiger partial charge is 0.389 e. The fourth-order valence-corrected chi connectivity index (χ4v) is 1.75. The lowest BCUT2D eigenvalue weighted by Crippen LogP contribution is -2.23. The molecule has 0 unspecified atom stereocenters. The van der Waals surface area contributed by atoms with Crippen LogP contribution in [0.25, 0.3) is 0 Å². The highest BCUT2D eigenvalue weighted by Gasteiger charge is 2.11. The van der Waals surface area contributed by atoms with Gasteiger partial charge >= 0.3 is 5.82 Å². The van der Waals surface area contributed by atoms with Crippen molar-refractivity contribution in [2.45, 2.75) is 33.0 Å². The maximum absolute atomic E-state index is 11.7. The van der Waals surface area contributed by atoms with Crippen molar-refractivity contribution >= 4 is 11.7 Å². The second-order valence-corrected chi connectivity index (χ2v) is 4.43. The molecule has 1 N–H and O–H groups in total. The smallest absolute Gasteiger partial charge is 0.358 e. The van der Waals surface area contributed by atoms with Crippen molar-refractivity contribution in [1.82, 2.24) is 24.9 Å². The predicted octanol–water partition coefficient (Wildman–Crippen LogP) is 0.714. The van der Waals surface area contributed by atoms with Crippen LogP contribution in [0.4, 0.5) is 5.82 Å². The third-order valence-electron chi connectivity index (χ3n) is 2.88. The summed E-state index contributed by atoms with van der Waals surface area (Å²) in [6, 6.07) is 1.30. The first-order valence-electron chi connectivity index (χ1n) is 6.54. The number of amides is 1. The predicted molar refractivity (Wildman–Crippen MR) is 73.2 cm³/mol. The van der Waals surface area contributed by atoms with Crippen molar-refractivity contribution in [3.8, 4) is 0 Å². The van der Waals surface area contributed by atoms with Gasteiger partial charge < -0.3 is 15.4 Å². The lowest BCUT2D eigenvalue weighted by atomic mass is 10.3. The first-order chi connectivity index (χ1) is 10.1. The van der Waals surface area contributed by atoms with Crippen LogP contribution >= 0.6 is 0 Å². The third kappa shape index (κ3) is 4.13. The molecule has 21 heavy (non-hydrogen) atoms. The SMILES string of the molecule is CCn1cc(CNC(=O)CCn2ccc([N+](=O)[O-])n2)cn1. The number of rotatable bonds is 7. The number of nitro groups is 1. The molecule has 9 nitrogen and oxygen atoms in total. The Hall–Kier alpha value is -2.71. The van der Waals surface area contributed by atoms with E-state index in [4.69, 9.17) is 0 Å². The zero-order chi connectivity index (χ0) is 15.2. The normalized spacial score (nSPS) is 10.5. The van der Waals surface area contributed by atoms with Crippen LogP contribution in [0.1, 0.15) is 18.9 Å². The Balaban J connectivity index is 1.75. The van der Waals surface area contributed by atoms with Crippen LogP contribution in [0.5, 0.6) is 0 Å².